The first kappa shape index (κ1) is 18.2. The van der Waals surface area contributed by atoms with Gasteiger partial charge in [0, 0.05) is 11.6 Å². The molecule has 0 N–H and O–H groups in total. The fraction of sp³-hybridized carbons (Fsp3) is 0.542. The molecule has 1 aliphatic rings. The summed E-state index contributed by atoms with van der Waals surface area (Å²) in [6.07, 6.45) is 4.49. The van der Waals surface area contributed by atoms with Crippen LogP contribution in [0.1, 0.15) is 87.9 Å². The molecule has 0 bridgehead atoms. The SMILES string of the molecule is Cc1ccc(C(C)(C)c2cc3c(cc2C)C(C)(C)CCC3(C)C)nc1. The highest BCUT2D eigenvalue weighted by Crippen LogP contribution is 2.48. The molecule has 0 saturated heterocycles. The number of fused-ring (bicyclic) bond motifs is 1. The minimum Gasteiger partial charge on any atom is -0.260 e. The molecular weight excluding hydrogens is 302 g/mol. The van der Waals surface area contributed by atoms with Crippen molar-refractivity contribution in [1.82, 2.24) is 4.98 Å². The molecule has 0 amide bonds. The second-order valence-electron chi connectivity index (χ2n) is 9.83. The van der Waals surface area contributed by atoms with Crippen LogP contribution >= 0.6 is 0 Å². The van der Waals surface area contributed by atoms with E-state index in [-0.39, 0.29) is 16.2 Å². The summed E-state index contributed by atoms with van der Waals surface area (Å²) in [5, 5.41) is 0. The molecule has 1 aromatic carbocycles. The van der Waals surface area contributed by atoms with Gasteiger partial charge in [-0.2, -0.15) is 0 Å². The van der Waals surface area contributed by atoms with Gasteiger partial charge in [-0.3, -0.25) is 4.98 Å². The minimum atomic E-state index is -0.0928. The van der Waals surface area contributed by atoms with Crippen LogP contribution in [-0.4, -0.2) is 4.98 Å². The topological polar surface area (TPSA) is 12.9 Å². The second-order valence-corrected chi connectivity index (χ2v) is 9.83. The van der Waals surface area contributed by atoms with Gasteiger partial charge in [0.15, 0.2) is 0 Å². The lowest BCUT2D eigenvalue weighted by molar-refractivity contribution is 0.331. The third-order valence-electron chi connectivity index (χ3n) is 6.42. The summed E-state index contributed by atoms with van der Waals surface area (Å²) in [6, 6.07) is 9.31. The third kappa shape index (κ3) is 3.03. The second kappa shape index (κ2) is 5.69. The number of benzene rings is 1. The van der Waals surface area contributed by atoms with Crippen molar-refractivity contribution >= 4 is 0 Å². The molecule has 0 spiro atoms. The fourth-order valence-electron chi connectivity index (χ4n) is 4.37. The van der Waals surface area contributed by atoms with Crippen LogP contribution in [-0.2, 0) is 16.2 Å². The van der Waals surface area contributed by atoms with E-state index in [1.165, 1.54) is 40.7 Å². The van der Waals surface area contributed by atoms with E-state index in [1.54, 1.807) is 0 Å². The first-order chi connectivity index (χ1) is 11.4. The first-order valence-electron chi connectivity index (χ1n) is 9.54. The van der Waals surface area contributed by atoms with E-state index in [0.717, 1.165) is 5.69 Å². The predicted molar refractivity (Wildman–Crippen MR) is 108 cm³/mol. The van der Waals surface area contributed by atoms with Gasteiger partial charge >= 0.3 is 0 Å². The van der Waals surface area contributed by atoms with Crippen LogP contribution in [0.3, 0.4) is 0 Å². The van der Waals surface area contributed by atoms with E-state index in [2.05, 4.69) is 79.7 Å². The molecular formula is C24H33N. The number of aryl methyl sites for hydroxylation is 2. The van der Waals surface area contributed by atoms with Crippen molar-refractivity contribution in [1.29, 1.82) is 0 Å². The smallest absolute Gasteiger partial charge is 0.0503 e. The Morgan fingerprint density at radius 1 is 0.880 bits per heavy atom. The number of nitrogens with zero attached hydrogens (tertiary/aromatic N) is 1. The molecule has 0 atom stereocenters. The highest BCUT2D eigenvalue weighted by Gasteiger charge is 2.39. The molecule has 3 rings (SSSR count). The lowest BCUT2D eigenvalue weighted by atomic mass is 9.61. The first-order valence-corrected chi connectivity index (χ1v) is 9.54. The molecule has 0 radical (unpaired) electrons. The van der Waals surface area contributed by atoms with Crippen molar-refractivity contribution < 1.29 is 0 Å². The van der Waals surface area contributed by atoms with Crippen molar-refractivity contribution in [3.8, 4) is 0 Å². The number of rotatable bonds is 2. The van der Waals surface area contributed by atoms with Crippen LogP contribution in [0.2, 0.25) is 0 Å². The summed E-state index contributed by atoms with van der Waals surface area (Å²) in [4.78, 5) is 4.74. The van der Waals surface area contributed by atoms with Crippen molar-refractivity contribution in [2.45, 2.75) is 84.5 Å². The highest BCUT2D eigenvalue weighted by molar-refractivity contribution is 5.51. The maximum atomic E-state index is 4.74. The van der Waals surface area contributed by atoms with Crippen LogP contribution in [0, 0.1) is 13.8 Å². The van der Waals surface area contributed by atoms with Crippen LogP contribution in [0.15, 0.2) is 30.5 Å². The van der Waals surface area contributed by atoms with Gasteiger partial charge in [0.1, 0.15) is 0 Å². The monoisotopic (exact) mass is 335 g/mol. The molecule has 0 unspecified atom stereocenters. The molecule has 1 heterocycles. The molecule has 0 saturated carbocycles. The molecule has 1 aromatic heterocycles. The average molecular weight is 336 g/mol. The summed E-state index contributed by atoms with van der Waals surface area (Å²) >= 11 is 0. The van der Waals surface area contributed by atoms with Gasteiger partial charge in [0.25, 0.3) is 0 Å². The Kier molecular flexibility index (Phi) is 4.14. The lowest BCUT2D eigenvalue weighted by Gasteiger charge is -2.43. The largest absolute Gasteiger partial charge is 0.260 e. The zero-order valence-electron chi connectivity index (χ0n) is 17.2. The molecule has 25 heavy (non-hydrogen) atoms. The van der Waals surface area contributed by atoms with E-state index in [0.29, 0.717) is 0 Å². The minimum absolute atomic E-state index is 0.0928. The number of hydrogen-bond acceptors (Lipinski definition) is 1. The van der Waals surface area contributed by atoms with Crippen LogP contribution in [0.5, 0.6) is 0 Å². The van der Waals surface area contributed by atoms with Crippen LogP contribution in [0.25, 0.3) is 0 Å². The summed E-state index contributed by atoms with van der Waals surface area (Å²) in [6.45, 7) is 18.6. The zero-order chi connectivity index (χ0) is 18.6. The van der Waals surface area contributed by atoms with Gasteiger partial charge < -0.3 is 0 Å². The fourth-order valence-corrected chi connectivity index (χ4v) is 4.37. The van der Waals surface area contributed by atoms with Crippen LogP contribution < -0.4 is 0 Å². The molecule has 134 valence electrons. The summed E-state index contributed by atoms with van der Waals surface area (Å²) in [7, 11) is 0. The van der Waals surface area contributed by atoms with E-state index in [4.69, 9.17) is 4.98 Å². The number of pyridine rings is 1. The average Bonchev–Trinajstić information content (AvgIpc) is 2.52. The Hall–Kier alpha value is -1.63. The number of aromatic nitrogens is 1. The van der Waals surface area contributed by atoms with E-state index >= 15 is 0 Å². The molecule has 2 aromatic rings. The Labute approximate surface area is 153 Å². The Bertz CT molecular complexity index is 792. The summed E-state index contributed by atoms with van der Waals surface area (Å²) in [5.41, 5.74) is 8.64. The van der Waals surface area contributed by atoms with Gasteiger partial charge in [0.2, 0.25) is 0 Å². The molecule has 1 aliphatic carbocycles. The molecule has 0 aliphatic heterocycles. The molecule has 1 heteroatoms. The Morgan fingerprint density at radius 2 is 1.44 bits per heavy atom. The van der Waals surface area contributed by atoms with Crippen LogP contribution in [0.4, 0.5) is 0 Å². The quantitative estimate of drug-likeness (QED) is 0.621. The van der Waals surface area contributed by atoms with Crippen molar-refractivity contribution in [2.24, 2.45) is 0 Å². The standard InChI is InChI=1S/C24H33N/c1-16-9-10-21(25-15-16)24(7,8)18-14-20-19(13-17(18)2)22(3,4)11-12-23(20,5)6/h9-10,13-15H,11-12H2,1-8H3. The third-order valence-corrected chi connectivity index (χ3v) is 6.42. The zero-order valence-corrected chi connectivity index (χ0v) is 17.2. The normalized spacial score (nSPS) is 18.7. The Balaban J connectivity index is 2.20. The maximum absolute atomic E-state index is 4.74. The number of hydrogen-bond donors (Lipinski definition) is 0. The van der Waals surface area contributed by atoms with Crippen molar-refractivity contribution in [3.05, 3.63) is 64.0 Å². The van der Waals surface area contributed by atoms with Gasteiger partial charge in [-0.15, -0.1) is 0 Å². The van der Waals surface area contributed by atoms with Gasteiger partial charge in [0.05, 0.1) is 5.69 Å². The predicted octanol–water partition coefficient (Wildman–Crippen LogP) is 6.37. The maximum Gasteiger partial charge on any atom is 0.0503 e. The van der Waals surface area contributed by atoms with Crippen molar-refractivity contribution in [2.75, 3.05) is 0 Å². The summed E-state index contributed by atoms with van der Waals surface area (Å²) in [5.74, 6) is 0. The van der Waals surface area contributed by atoms with Crippen molar-refractivity contribution in [3.63, 3.8) is 0 Å². The highest BCUT2D eigenvalue weighted by atomic mass is 14.7. The van der Waals surface area contributed by atoms with E-state index < -0.39 is 0 Å². The Morgan fingerprint density at radius 3 is 1.96 bits per heavy atom. The van der Waals surface area contributed by atoms with Gasteiger partial charge in [-0.1, -0.05) is 59.7 Å². The van der Waals surface area contributed by atoms with Gasteiger partial charge in [-0.05, 0) is 71.4 Å². The lowest BCUT2D eigenvalue weighted by Crippen LogP contribution is -2.35. The molecule has 1 nitrogen and oxygen atoms in total. The van der Waals surface area contributed by atoms with E-state index in [1.807, 2.05) is 6.20 Å². The summed E-state index contributed by atoms with van der Waals surface area (Å²) < 4.78 is 0. The molecule has 0 fully saturated rings. The van der Waals surface area contributed by atoms with E-state index in [9.17, 15) is 0 Å². The van der Waals surface area contributed by atoms with Gasteiger partial charge in [-0.25, -0.2) is 0 Å².